The molecule has 0 atom stereocenters. The number of anilines is 1. The summed E-state index contributed by atoms with van der Waals surface area (Å²) in [4.78, 5) is 43.5. The van der Waals surface area contributed by atoms with Crippen molar-refractivity contribution in [3.05, 3.63) is 99.8 Å². The van der Waals surface area contributed by atoms with Crippen LogP contribution in [0.5, 0.6) is 0 Å². The zero-order chi connectivity index (χ0) is 24.9. The third-order valence-electron chi connectivity index (χ3n) is 5.12. The van der Waals surface area contributed by atoms with E-state index in [9.17, 15) is 14.4 Å². The normalized spacial score (nSPS) is 10.6. The van der Waals surface area contributed by atoms with E-state index in [1.54, 1.807) is 6.92 Å². The van der Waals surface area contributed by atoms with E-state index in [0.29, 0.717) is 22.5 Å². The summed E-state index contributed by atoms with van der Waals surface area (Å²) in [6.07, 6.45) is 1.46. The summed E-state index contributed by atoms with van der Waals surface area (Å²) in [7, 11) is 1.50. The lowest BCUT2D eigenvalue weighted by molar-refractivity contribution is 0.0554. The molecule has 8 nitrogen and oxygen atoms in total. The molecule has 0 aliphatic carbocycles. The monoisotopic (exact) mass is 486 g/mol. The second kappa shape index (κ2) is 10.3. The number of rotatable bonds is 7. The number of carbonyl (C=O) groups excluding carboxylic acids is 2. The van der Waals surface area contributed by atoms with Crippen molar-refractivity contribution in [2.45, 2.75) is 6.92 Å². The van der Waals surface area contributed by atoms with Gasteiger partial charge in [0.15, 0.2) is 5.13 Å². The first-order valence-electron chi connectivity index (χ1n) is 10.7. The van der Waals surface area contributed by atoms with Gasteiger partial charge in [-0.1, -0.05) is 84.7 Å². The first-order chi connectivity index (χ1) is 16.9. The van der Waals surface area contributed by atoms with Crippen molar-refractivity contribution in [3.63, 3.8) is 0 Å². The number of amides is 1. The number of hydrogen-bond acceptors (Lipinski definition) is 7. The molecule has 0 radical (unpaired) electrons. The molecule has 0 fully saturated rings. The van der Waals surface area contributed by atoms with Gasteiger partial charge in [-0.3, -0.25) is 14.9 Å². The highest BCUT2D eigenvalue weighted by Crippen LogP contribution is 2.32. The number of ether oxygens (including phenoxy) is 1. The van der Waals surface area contributed by atoms with Crippen molar-refractivity contribution in [3.8, 4) is 22.4 Å². The van der Waals surface area contributed by atoms with Crippen LogP contribution < -0.4 is 10.9 Å². The average Bonchev–Trinajstić information content (AvgIpc) is 3.24. The quantitative estimate of drug-likeness (QED) is 0.305. The minimum absolute atomic E-state index is 0.0631. The predicted molar refractivity (Wildman–Crippen MR) is 136 cm³/mol. The Hall–Kier alpha value is -4.37. The van der Waals surface area contributed by atoms with Crippen LogP contribution in [0.25, 0.3) is 22.4 Å². The number of esters is 1. The van der Waals surface area contributed by atoms with Crippen LogP contribution in [0.1, 0.15) is 25.7 Å². The fourth-order valence-corrected chi connectivity index (χ4v) is 4.38. The lowest BCUT2D eigenvalue weighted by Crippen LogP contribution is -2.31. The first-order valence-corrected chi connectivity index (χ1v) is 11.5. The molecule has 0 bridgehead atoms. The smallest absolute Gasteiger partial charge is 0.350 e. The summed E-state index contributed by atoms with van der Waals surface area (Å²) in [5.74, 6) is -1.21. The number of hydrogen-bond donors (Lipinski definition) is 1. The van der Waals surface area contributed by atoms with Crippen molar-refractivity contribution in [2.24, 2.45) is 7.05 Å². The van der Waals surface area contributed by atoms with Gasteiger partial charge < -0.3 is 4.74 Å². The van der Waals surface area contributed by atoms with Gasteiger partial charge in [0.05, 0.1) is 11.4 Å². The van der Waals surface area contributed by atoms with Crippen molar-refractivity contribution in [2.75, 3.05) is 11.9 Å². The summed E-state index contributed by atoms with van der Waals surface area (Å²) >= 11 is 0.977. The molecule has 2 aromatic carbocycles. The van der Waals surface area contributed by atoms with E-state index in [-0.39, 0.29) is 22.2 Å². The molecular formula is C26H22N4O4S. The minimum Gasteiger partial charge on any atom is -0.457 e. The van der Waals surface area contributed by atoms with E-state index in [2.05, 4.69) is 22.0 Å². The number of benzene rings is 2. The average molecular weight is 487 g/mol. The van der Waals surface area contributed by atoms with Crippen LogP contribution >= 0.6 is 11.3 Å². The van der Waals surface area contributed by atoms with E-state index < -0.39 is 17.4 Å². The Morgan fingerprint density at radius 3 is 2.34 bits per heavy atom. The largest absolute Gasteiger partial charge is 0.457 e. The fraction of sp³-hybridized carbons (Fsp3) is 0.115. The maximum Gasteiger partial charge on any atom is 0.350 e. The van der Waals surface area contributed by atoms with Gasteiger partial charge in [0.2, 0.25) is 0 Å². The summed E-state index contributed by atoms with van der Waals surface area (Å²) < 4.78 is 6.22. The van der Waals surface area contributed by atoms with Crippen molar-refractivity contribution >= 4 is 28.3 Å². The molecule has 9 heteroatoms. The van der Waals surface area contributed by atoms with Crippen molar-refractivity contribution < 1.29 is 14.3 Å². The van der Waals surface area contributed by atoms with E-state index in [1.165, 1.54) is 13.1 Å². The number of aryl methyl sites for hydroxylation is 2. The lowest BCUT2D eigenvalue weighted by atomic mass is 9.95. The van der Waals surface area contributed by atoms with Crippen molar-refractivity contribution in [1.29, 1.82) is 0 Å². The molecule has 0 spiro atoms. The zero-order valence-corrected chi connectivity index (χ0v) is 20.0. The van der Waals surface area contributed by atoms with Crippen LogP contribution in [0.15, 0.2) is 78.1 Å². The van der Waals surface area contributed by atoms with Crippen LogP contribution in [-0.4, -0.2) is 33.2 Å². The topological polar surface area (TPSA) is 103 Å². The predicted octanol–water partition coefficient (Wildman–Crippen LogP) is 4.47. The van der Waals surface area contributed by atoms with Crippen LogP contribution in [0.2, 0.25) is 0 Å². The molecule has 4 rings (SSSR count). The minimum atomic E-state index is -0.649. The molecular weight excluding hydrogens is 464 g/mol. The van der Waals surface area contributed by atoms with Crippen LogP contribution in [0.4, 0.5) is 5.13 Å². The molecule has 0 saturated heterocycles. The van der Waals surface area contributed by atoms with Gasteiger partial charge in [0.25, 0.3) is 11.5 Å². The molecule has 0 aliphatic heterocycles. The molecule has 1 amide bonds. The number of nitrogens with zero attached hydrogens (tertiary/aromatic N) is 3. The Morgan fingerprint density at radius 1 is 1.09 bits per heavy atom. The number of carbonyl (C=O) groups is 2. The van der Waals surface area contributed by atoms with E-state index in [1.807, 2.05) is 60.7 Å². The van der Waals surface area contributed by atoms with E-state index in [0.717, 1.165) is 21.6 Å². The Morgan fingerprint density at radius 2 is 1.71 bits per heavy atom. The van der Waals surface area contributed by atoms with E-state index in [4.69, 9.17) is 4.74 Å². The highest BCUT2D eigenvalue weighted by molar-refractivity contribution is 7.17. The number of aromatic nitrogens is 3. The van der Waals surface area contributed by atoms with Gasteiger partial charge in [-0.2, -0.15) is 5.10 Å². The second-order valence-corrected chi connectivity index (χ2v) is 8.53. The summed E-state index contributed by atoms with van der Waals surface area (Å²) in [5, 5.41) is 7.35. The third-order valence-corrected chi connectivity index (χ3v) is 6.17. The van der Waals surface area contributed by atoms with Gasteiger partial charge in [0, 0.05) is 18.2 Å². The Balaban J connectivity index is 1.82. The number of nitrogens with one attached hydrogen (secondary N) is 1. The molecule has 35 heavy (non-hydrogen) atoms. The highest BCUT2D eigenvalue weighted by atomic mass is 32.1. The lowest BCUT2D eigenvalue weighted by Gasteiger charge is -2.15. The van der Waals surface area contributed by atoms with Gasteiger partial charge in [-0.25, -0.2) is 14.5 Å². The Labute approximate surface area is 205 Å². The maximum atomic E-state index is 13.5. The van der Waals surface area contributed by atoms with E-state index >= 15 is 0 Å². The molecule has 2 aromatic heterocycles. The standard InChI is InChI=1S/C26H22N4O4S/c1-4-15-34-25(33)22-16(2)27-26(35-22)28-23(31)20-19(17-11-7-5-8-12-17)21(29-30(3)24(20)32)18-13-9-6-10-14-18/h4-14H,1,15H2,2-3H3,(H,27,28,31). The summed E-state index contributed by atoms with van der Waals surface area (Å²) in [6.45, 7) is 5.23. The summed E-state index contributed by atoms with van der Waals surface area (Å²) in [6, 6.07) is 18.5. The molecule has 0 aliphatic rings. The first kappa shape index (κ1) is 23.8. The second-order valence-electron chi connectivity index (χ2n) is 7.53. The number of thiazole rings is 1. The van der Waals surface area contributed by atoms with Crippen LogP contribution in [-0.2, 0) is 11.8 Å². The zero-order valence-electron chi connectivity index (χ0n) is 19.1. The van der Waals surface area contributed by atoms with Gasteiger partial charge in [-0.05, 0) is 12.5 Å². The Kier molecular flexibility index (Phi) is 6.98. The summed E-state index contributed by atoms with van der Waals surface area (Å²) in [5.41, 5.74) is 2.12. The molecule has 0 unspecified atom stereocenters. The Bertz CT molecular complexity index is 1460. The molecule has 0 saturated carbocycles. The van der Waals surface area contributed by atoms with Crippen LogP contribution in [0.3, 0.4) is 0 Å². The highest BCUT2D eigenvalue weighted by Gasteiger charge is 2.26. The SMILES string of the molecule is C=CCOC(=O)c1sc(NC(=O)c2c(-c3ccccc3)c(-c3ccccc3)nn(C)c2=O)nc1C. The van der Waals surface area contributed by atoms with Gasteiger partial charge >= 0.3 is 5.97 Å². The van der Waals surface area contributed by atoms with Crippen LogP contribution in [0, 0.1) is 6.92 Å². The molecule has 2 heterocycles. The molecule has 4 aromatic rings. The van der Waals surface area contributed by atoms with Gasteiger partial charge in [0.1, 0.15) is 17.0 Å². The molecule has 1 N–H and O–H groups in total. The third kappa shape index (κ3) is 4.95. The van der Waals surface area contributed by atoms with Gasteiger partial charge in [-0.15, -0.1) is 0 Å². The fourth-order valence-electron chi connectivity index (χ4n) is 3.53. The van der Waals surface area contributed by atoms with Crippen molar-refractivity contribution in [1.82, 2.24) is 14.8 Å². The molecule has 176 valence electrons. The maximum absolute atomic E-state index is 13.5.